The summed E-state index contributed by atoms with van der Waals surface area (Å²) in [5.74, 6) is -1.19. The van der Waals surface area contributed by atoms with Crippen LogP contribution in [0.25, 0.3) is 22.3 Å². The molecule has 0 aliphatic carbocycles. The average molecular weight is 498 g/mol. The van der Waals surface area contributed by atoms with Crippen LogP contribution in [0.2, 0.25) is 10.0 Å². The van der Waals surface area contributed by atoms with E-state index in [4.69, 9.17) is 27.9 Å². The topological polar surface area (TPSA) is 73.2 Å². The summed E-state index contributed by atoms with van der Waals surface area (Å²) in [5, 5.41) is 9.73. The van der Waals surface area contributed by atoms with Gasteiger partial charge >= 0.3 is 5.97 Å². The second kappa shape index (κ2) is 10.5. The van der Waals surface area contributed by atoms with E-state index in [9.17, 15) is 9.59 Å². The van der Waals surface area contributed by atoms with E-state index in [1.807, 2.05) is 54.0 Å². The maximum atomic E-state index is 12.2. The Kier molecular flexibility index (Phi) is 7.24. The number of hydrogen-bond donors (Lipinski definition) is 1. The SMILES string of the molecule is O=C(COC(=O)C=Cc1cn(-c2ccccc2)nc1-c1cccs1)Nc1cccc(Cl)c1Cl. The molecule has 1 amide bonds. The summed E-state index contributed by atoms with van der Waals surface area (Å²) >= 11 is 13.5. The smallest absolute Gasteiger partial charge is 0.331 e. The number of anilines is 1. The number of halogens is 2. The molecule has 1 N–H and O–H groups in total. The third-order valence-corrected chi connectivity index (χ3v) is 6.18. The van der Waals surface area contributed by atoms with E-state index in [0.29, 0.717) is 10.7 Å². The summed E-state index contributed by atoms with van der Waals surface area (Å²) in [4.78, 5) is 25.3. The number of esters is 1. The zero-order valence-corrected chi connectivity index (χ0v) is 19.4. The molecular formula is C24H17Cl2N3O3S. The molecular weight excluding hydrogens is 481 g/mol. The van der Waals surface area contributed by atoms with E-state index < -0.39 is 18.5 Å². The third-order valence-electron chi connectivity index (χ3n) is 4.49. The van der Waals surface area contributed by atoms with Crippen LogP contribution in [0.5, 0.6) is 0 Å². The van der Waals surface area contributed by atoms with Crippen LogP contribution < -0.4 is 5.32 Å². The van der Waals surface area contributed by atoms with Gasteiger partial charge in [-0.1, -0.05) is 53.5 Å². The number of thiophene rings is 1. The first-order valence-corrected chi connectivity index (χ1v) is 11.4. The number of nitrogens with one attached hydrogen (secondary N) is 1. The van der Waals surface area contributed by atoms with Crippen LogP contribution in [-0.4, -0.2) is 28.3 Å². The van der Waals surface area contributed by atoms with Gasteiger partial charge in [0.25, 0.3) is 5.91 Å². The van der Waals surface area contributed by atoms with Crippen molar-refractivity contribution in [3.05, 3.63) is 93.9 Å². The Balaban J connectivity index is 1.43. The quantitative estimate of drug-likeness (QED) is 0.247. The van der Waals surface area contributed by atoms with Crippen LogP contribution in [0.4, 0.5) is 5.69 Å². The van der Waals surface area contributed by atoms with Gasteiger partial charge in [-0.3, -0.25) is 4.79 Å². The predicted molar refractivity (Wildman–Crippen MR) is 132 cm³/mol. The lowest BCUT2D eigenvalue weighted by Crippen LogP contribution is -2.20. The number of carbonyl (C=O) groups is 2. The van der Waals surface area contributed by atoms with Crippen LogP contribution in [0.3, 0.4) is 0 Å². The van der Waals surface area contributed by atoms with Gasteiger partial charge in [-0.15, -0.1) is 11.3 Å². The molecule has 33 heavy (non-hydrogen) atoms. The summed E-state index contributed by atoms with van der Waals surface area (Å²) in [5.41, 5.74) is 2.73. The number of benzene rings is 2. The number of amides is 1. The second-order valence-electron chi connectivity index (χ2n) is 6.78. The fourth-order valence-electron chi connectivity index (χ4n) is 2.96. The largest absolute Gasteiger partial charge is 0.452 e. The Morgan fingerprint density at radius 3 is 2.64 bits per heavy atom. The summed E-state index contributed by atoms with van der Waals surface area (Å²) in [6.45, 7) is -0.465. The average Bonchev–Trinajstić information content (AvgIpc) is 3.50. The molecule has 6 nitrogen and oxygen atoms in total. The Hall–Kier alpha value is -3.39. The Labute approximate surface area is 204 Å². The molecule has 9 heteroatoms. The highest BCUT2D eigenvalue weighted by atomic mass is 35.5. The van der Waals surface area contributed by atoms with E-state index in [1.54, 1.807) is 40.3 Å². The van der Waals surface area contributed by atoms with Crippen LogP contribution in [0.15, 0.2) is 78.3 Å². The van der Waals surface area contributed by atoms with E-state index in [0.717, 1.165) is 21.8 Å². The molecule has 0 aliphatic rings. The zero-order valence-electron chi connectivity index (χ0n) is 17.1. The third kappa shape index (κ3) is 5.70. The fourth-order valence-corrected chi connectivity index (χ4v) is 4.04. The molecule has 0 radical (unpaired) electrons. The van der Waals surface area contributed by atoms with Gasteiger partial charge < -0.3 is 10.1 Å². The minimum Gasteiger partial charge on any atom is -0.452 e. The number of carbonyl (C=O) groups excluding carboxylic acids is 2. The van der Waals surface area contributed by atoms with Crippen LogP contribution in [0.1, 0.15) is 5.56 Å². The van der Waals surface area contributed by atoms with Crippen molar-refractivity contribution in [1.29, 1.82) is 0 Å². The van der Waals surface area contributed by atoms with E-state index >= 15 is 0 Å². The lowest BCUT2D eigenvalue weighted by atomic mass is 10.2. The number of ether oxygens (including phenoxy) is 1. The van der Waals surface area contributed by atoms with Crippen molar-refractivity contribution in [1.82, 2.24) is 9.78 Å². The Bertz CT molecular complexity index is 1300. The second-order valence-corrected chi connectivity index (χ2v) is 8.51. The van der Waals surface area contributed by atoms with Crippen molar-refractivity contribution < 1.29 is 14.3 Å². The lowest BCUT2D eigenvalue weighted by Gasteiger charge is -2.08. The molecule has 0 unspecified atom stereocenters. The molecule has 166 valence electrons. The Morgan fingerprint density at radius 2 is 1.88 bits per heavy atom. The van der Waals surface area contributed by atoms with Gasteiger partial charge in [-0.25, -0.2) is 9.48 Å². The lowest BCUT2D eigenvalue weighted by molar-refractivity contribution is -0.142. The van der Waals surface area contributed by atoms with Gasteiger partial charge in [0.1, 0.15) is 5.69 Å². The molecule has 0 saturated heterocycles. The minimum atomic E-state index is -0.660. The van der Waals surface area contributed by atoms with Crippen LogP contribution in [0, 0.1) is 0 Å². The summed E-state index contributed by atoms with van der Waals surface area (Å²) in [7, 11) is 0. The molecule has 0 aliphatic heterocycles. The molecule has 2 heterocycles. The van der Waals surface area contributed by atoms with Crippen molar-refractivity contribution in [2.24, 2.45) is 0 Å². The van der Waals surface area contributed by atoms with Crippen molar-refractivity contribution in [2.75, 3.05) is 11.9 Å². The van der Waals surface area contributed by atoms with Crippen molar-refractivity contribution >= 4 is 58.2 Å². The van der Waals surface area contributed by atoms with Crippen LogP contribution in [-0.2, 0) is 14.3 Å². The fraction of sp³-hybridized carbons (Fsp3) is 0.0417. The first kappa shape index (κ1) is 22.8. The van der Waals surface area contributed by atoms with Gasteiger partial charge in [0.2, 0.25) is 0 Å². The molecule has 0 saturated carbocycles. The molecule has 0 atom stereocenters. The molecule has 2 aromatic heterocycles. The van der Waals surface area contributed by atoms with E-state index in [2.05, 4.69) is 10.4 Å². The van der Waals surface area contributed by atoms with Crippen molar-refractivity contribution in [2.45, 2.75) is 0 Å². The summed E-state index contributed by atoms with van der Waals surface area (Å²) < 4.78 is 6.80. The van der Waals surface area contributed by atoms with Gasteiger partial charge in [-0.05, 0) is 41.8 Å². The number of hydrogen-bond acceptors (Lipinski definition) is 5. The normalized spacial score (nSPS) is 11.0. The monoisotopic (exact) mass is 497 g/mol. The minimum absolute atomic E-state index is 0.218. The van der Waals surface area contributed by atoms with Crippen molar-refractivity contribution in [3.8, 4) is 16.3 Å². The van der Waals surface area contributed by atoms with E-state index in [1.165, 1.54) is 6.08 Å². The number of nitrogens with zero attached hydrogens (tertiary/aromatic N) is 2. The van der Waals surface area contributed by atoms with Crippen molar-refractivity contribution in [3.63, 3.8) is 0 Å². The number of rotatable bonds is 7. The van der Waals surface area contributed by atoms with Gasteiger partial charge in [0.15, 0.2) is 6.61 Å². The predicted octanol–water partition coefficient (Wildman–Crippen LogP) is 6.10. The maximum absolute atomic E-state index is 12.2. The molecule has 0 bridgehead atoms. The molecule has 4 rings (SSSR count). The zero-order chi connectivity index (χ0) is 23.2. The summed E-state index contributed by atoms with van der Waals surface area (Å²) in [6, 6.07) is 18.4. The highest BCUT2D eigenvalue weighted by molar-refractivity contribution is 7.13. The number of aromatic nitrogens is 2. The first-order valence-electron chi connectivity index (χ1n) is 9.79. The van der Waals surface area contributed by atoms with Crippen LogP contribution >= 0.6 is 34.5 Å². The van der Waals surface area contributed by atoms with Gasteiger partial charge in [0, 0.05) is 17.8 Å². The molecule has 0 fully saturated rings. The molecule has 0 spiro atoms. The van der Waals surface area contributed by atoms with E-state index in [-0.39, 0.29) is 5.02 Å². The molecule has 4 aromatic rings. The van der Waals surface area contributed by atoms with Gasteiger partial charge in [-0.2, -0.15) is 5.10 Å². The molecule has 2 aromatic carbocycles. The maximum Gasteiger partial charge on any atom is 0.331 e. The summed E-state index contributed by atoms with van der Waals surface area (Å²) in [6.07, 6.45) is 4.72. The van der Waals surface area contributed by atoms with Gasteiger partial charge in [0.05, 0.1) is 26.3 Å². The first-order chi connectivity index (χ1) is 16.0. The Morgan fingerprint density at radius 1 is 1.06 bits per heavy atom. The number of para-hydroxylation sites is 1. The highest BCUT2D eigenvalue weighted by Crippen LogP contribution is 2.30. The standard InChI is InChI=1S/C24H17Cl2N3O3S/c25-18-8-4-9-19(23(18)26)27-21(30)15-32-22(31)12-11-16-14-29(17-6-2-1-3-7-17)28-24(16)20-10-5-13-33-20/h1-14H,15H2,(H,27,30). The highest BCUT2D eigenvalue weighted by Gasteiger charge is 2.13.